The lowest BCUT2D eigenvalue weighted by atomic mass is 10.1. The molecule has 0 unspecified atom stereocenters. The summed E-state index contributed by atoms with van der Waals surface area (Å²) in [5, 5.41) is 7.44. The molecule has 0 saturated heterocycles. The third kappa shape index (κ3) is 2.82. The Labute approximate surface area is 110 Å². The van der Waals surface area contributed by atoms with Crippen LogP contribution in [0.25, 0.3) is 11.6 Å². The van der Waals surface area contributed by atoms with Crippen molar-refractivity contribution in [3.63, 3.8) is 0 Å². The average Bonchev–Trinajstić information content (AvgIpc) is 2.39. The molecule has 0 bridgehead atoms. The van der Waals surface area contributed by atoms with Crippen molar-refractivity contribution in [2.75, 3.05) is 0 Å². The maximum absolute atomic E-state index is 13.7. The standard InChI is InChI=1S/C14H13FN4/c1-9(10-4-2-3-5-11(10)15)8-12-13(14(16)17)19-7-6-18-12/h2-8H,1H3,(H3,16,17). The molecule has 0 fully saturated rings. The molecule has 0 amide bonds. The van der Waals surface area contributed by atoms with Gasteiger partial charge in [-0.2, -0.15) is 0 Å². The molecule has 19 heavy (non-hydrogen) atoms. The molecule has 1 aromatic carbocycles. The number of rotatable bonds is 3. The molecule has 96 valence electrons. The van der Waals surface area contributed by atoms with E-state index in [-0.39, 0.29) is 17.3 Å². The molecule has 0 aliphatic heterocycles. The molecular formula is C14H13FN4. The predicted octanol–water partition coefficient (Wildman–Crippen LogP) is 2.46. The zero-order chi connectivity index (χ0) is 13.8. The summed E-state index contributed by atoms with van der Waals surface area (Å²) in [6.45, 7) is 1.77. The van der Waals surface area contributed by atoms with Crippen LogP contribution < -0.4 is 5.73 Å². The molecule has 0 spiro atoms. The molecule has 2 rings (SSSR count). The number of benzene rings is 1. The second-order valence-electron chi connectivity index (χ2n) is 4.01. The van der Waals surface area contributed by atoms with Crippen LogP contribution in [0.15, 0.2) is 36.7 Å². The van der Waals surface area contributed by atoms with E-state index < -0.39 is 0 Å². The number of amidine groups is 1. The summed E-state index contributed by atoms with van der Waals surface area (Å²) in [6, 6.07) is 6.48. The van der Waals surface area contributed by atoms with E-state index >= 15 is 0 Å². The van der Waals surface area contributed by atoms with Crippen LogP contribution in [0.2, 0.25) is 0 Å². The molecule has 0 saturated carbocycles. The zero-order valence-corrected chi connectivity index (χ0v) is 10.4. The number of halogens is 1. The number of nitrogens with one attached hydrogen (secondary N) is 1. The normalized spacial score (nSPS) is 11.4. The quantitative estimate of drug-likeness (QED) is 0.654. The first-order valence-electron chi connectivity index (χ1n) is 5.68. The van der Waals surface area contributed by atoms with Gasteiger partial charge in [0.25, 0.3) is 0 Å². The molecule has 0 radical (unpaired) electrons. The van der Waals surface area contributed by atoms with Gasteiger partial charge in [-0.15, -0.1) is 0 Å². The van der Waals surface area contributed by atoms with Gasteiger partial charge < -0.3 is 5.73 Å². The first-order valence-corrected chi connectivity index (χ1v) is 5.68. The first kappa shape index (κ1) is 12.9. The highest BCUT2D eigenvalue weighted by Gasteiger charge is 2.08. The van der Waals surface area contributed by atoms with Crippen molar-refractivity contribution in [1.82, 2.24) is 9.97 Å². The smallest absolute Gasteiger partial charge is 0.144 e. The number of hydrogen-bond donors (Lipinski definition) is 2. The van der Waals surface area contributed by atoms with Gasteiger partial charge in [-0.1, -0.05) is 18.2 Å². The summed E-state index contributed by atoms with van der Waals surface area (Å²) in [4.78, 5) is 8.11. The van der Waals surface area contributed by atoms with E-state index in [2.05, 4.69) is 9.97 Å². The lowest BCUT2D eigenvalue weighted by Crippen LogP contribution is -2.15. The van der Waals surface area contributed by atoms with Crippen LogP contribution in [0.5, 0.6) is 0 Å². The van der Waals surface area contributed by atoms with Crippen molar-refractivity contribution in [2.45, 2.75) is 6.92 Å². The summed E-state index contributed by atoms with van der Waals surface area (Å²) < 4.78 is 13.7. The molecule has 0 aliphatic carbocycles. The van der Waals surface area contributed by atoms with E-state index in [1.54, 1.807) is 31.2 Å². The van der Waals surface area contributed by atoms with Crippen LogP contribution in [0.4, 0.5) is 4.39 Å². The Hall–Kier alpha value is -2.56. The maximum Gasteiger partial charge on any atom is 0.144 e. The summed E-state index contributed by atoms with van der Waals surface area (Å²) in [5.74, 6) is -0.467. The van der Waals surface area contributed by atoms with Gasteiger partial charge in [0, 0.05) is 18.0 Å². The topological polar surface area (TPSA) is 75.7 Å². The molecule has 4 nitrogen and oxygen atoms in total. The molecule has 0 aliphatic rings. The van der Waals surface area contributed by atoms with Crippen molar-refractivity contribution < 1.29 is 4.39 Å². The average molecular weight is 256 g/mol. The van der Waals surface area contributed by atoms with Gasteiger partial charge in [0.15, 0.2) is 0 Å². The molecule has 1 heterocycles. The monoisotopic (exact) mass is 256 g/mol. The first-order chi connectivity index (χ1) is 9.09. The highest BCUT2D eigenvalue weighted by atomic mass is 19.1. The van der Waals surface area contributed by atoms with Crippen molar-refractivity contribution >= 4 is 17.5 Å². The van der Waals surface area contributed by atoms with Crippen LogP contribution in [-0.2, 0) is 0 Å². The Morgan fingerprint density at radius 2 is 1.95 bits per heavy atom. The minimum Gasteiger partial charge on any atom is -0.382 e. The van der Waals surface area contributed by atoms with E-state index in [0.717, 1.165) is 0 Å². The Morgan fingerprint density at radius 3 is 2.63 bits per heavy atom. The van der Waals surface area contributed by atoms with Gasteiger partial charge in [0.1, 0.15) is 17.3 Å². The number of aromatic nitrogens is 2. The van der Waals surface area contributed by atoms with Gasteiger partial charge in [0.2, 0.25) is 0 Å². The second kappa shape index (κ2) is 5.39. The molecule has 5 heteroatoms. The SMILES string of the molecule is CC(=Cc1nccnc1C(=N)N)c1ccccc1F. The maximum atomic E-state index is 13.7. The lowest BCUT2D eigenvalue weighted by molar-refractivity contribution is 0.624. The predicted molar refractivity (Wildman–Crippen MR) is 73.0 cm³/mol. The van der Waals surface area contributed by atoms with E-state index in [0.29, 0.717) is 16.8 Å². The van der Waals surface area contributed by atoms with Crippen LogP contribution in [0, 0.1) is 11.2 Å². The fourth-order valence-electron chi connectivity index (χ4n) is 1.73. The summed E-state index contributed by atoms with van der Waals surface area (Å²) in [6.07, 6.45) is 4.64. The van der Waals surface area contributed by atoms with Gasteiger partial charge in [-0.05, 0) is 24.6 Å². The minimum atomic E-state index is -0.301. The fourth-order valence-corrected chi connectivity index (χ4v) is 1.73. The Bertz CT molecular complexity index is 649. The van der Waals surface area contributed by atoms with Gasteiger partial charge in [-0.25, -0.2) is 9.37 Å². The van der Waals surface area contributed by atoms with E-state index in [9.17, 15) is 4.39 Å². The van der Waals surface area contributed by atoms with E-state index in [1.165, 1.54) is 18.5 Å². The molecule has 0 atom stereocenters. The van der Waals surface area contributed by atoms with Crippen LogP contribution in [0.3, 0.4) is 0 Å². The van der Waals surface area contributed by atoms with Crippen molar-refractivity contribution in [2.24, 2.45) is 5.73 Å². The largest absolute Gasteiger partial charge is 0.382 e. The van der Waals surface area contributed by atoms with Gasteiger partial charge in [0.05, 0.1) is 5.69 Å². The summed E-state index contributed by atoms with van der Waals surface area (Å²) in [7, 11) is 0. The summed E-state index contributed by atoms with van der Waals surface area (Å²) in [5.41, 5.74) is 7.36. The number of hydrogen-bond acceptors (Lipinski definition) is 3. The van der Waals surface area contributed by atoms with Crippen molar-refractivity contribution in [3.05, 3.63) is 59.4 Å². The second-order valence-corrected chi connectivity index (χ2v) is 4.01. The Morgan fingerprint density at radius 1 is 1.26 bits per heavy atom. The van der Waals surface area contributed by atoms with E-state index in [1.807, 2.05) is 0 Å². The highest BCUT2D eigenvalue weighted by Crippen LogP contribution is 2.20. The third-order valence-corrected chi connectivity index (χ3v) is 2.63. The van der Waals surface area contributed by atoms with Crippen LogP contribution in [-0.4, -0.2) is 15.8 Å². The fraction of sp³-hybridized carbons (Fsp3) is 0.0714. The molecule has 3 N–H and O–H groups in total. The van der Waals surface area contributed by atoms with Crippen LogP contribution in [0.1, 0.15) is 23.9 Å². The zero-order valence-electron chi connectivity index (χ0n) is 10.4. The third-order valence-electron chi connectivity index (χ3n) is 2.63. The number of nitrogen functional groups attached to an aromatic ring is 1. The van der Waals surface area contributed by atoms with Crippen molar-refractivity contribution in [1.29, 1.82) is 5.41 Å². The minimum absolute atomic E-state index is 0.166. The van der Waals surface area contributed by atoms with Gasteiger partial charge in [-0.3, -0.25) is 10.4 Å². The number of allylic oxidation sites excluding steroid dienone is 1. The highest BCUT2D eigenvalue weighted by molar-refractivity contribution is 5.97. The summed E-state index contributed by atoms with van der Waals surface area (Å²) >= 11 is 0. The molecular weight excluding hydrogens is 243 g/mol. The molecule has 1 aromatic heterocycles. The Balaban J connectivity index is 2.47. The van der Waals surface area contributed by atoms with E-state index in [4.69, 9.17) is 11.1 Å². The van der Waals surface area contributed by atoms with Crippen molar-refractivity contribution in [3.8, 4) is 0 Å². The van der Waals surface area contributed by atoms with Gasteiger partial charge >= 0.3 is 0 Å². The lowest BCUT2D eigenvalue weighted by Gasteiger charge is -2.05. The van der Waals surface area contributed by atoms with Crippen LogP contribution >= 0.6 is 0 Å². The number of nitrogens with zero attached hydrogens (tertiary/aromatic N) is 2. The number of nitrogens with two attached hydrogens (primary N) is 1. The molecule has 2 aromatic rings. The Kier molecular flexibility index (Phi) is 3.66.